The fourth-order valence-electron chi connectivity index (χ4n) is 12.5. The van der Waals surface area contributed by atoms with Gasteiger partial charge >= 0.3 is 0 Å². The molecule has 2 saturated heterocycles. The number of nitrogen functional groups attached to an aromatic ring is 1. The van der Waals surface area contributed by atoms with Crippen LogP contribution in [0.3, 0.4) is 0 Å². The molecule has 17 nitrogen and oxygen atoms in total. The number of fused-ring (bicyclic) bond motifs is 2. The van der Waals surface area contributed by atoms with E-state index in [1.54, 1.807) is 50.4 Å². The molecule has 8 aliphatic rings. The van der Waals surface area contributed by atoms with Crippen LogP contribution >= 0.6 is 0 Å². The van der Waals surface area contributed by atoms with Gasteiger partial charge in [0.05, 0.1) is 10.8 Å². The van der Waals surface area contributed by atoms with Gasteiger partial charge in [-0.3, -0.25) is 23.6 Å². The van der Waals surface area contributed by atoms with Gasteiger partial charge in [0.15, 0.2) is 0 Å². The van der Waals surface area contributed by atoms with E-state index < -0.39 is 10.8 Å². The largest absolute Gasteiger partial charge is 0.399 e. The minimum atomic E-state index is -1.23. The van der Waals surface area contributed by atoms with Gasteiger partial charge in [0, 0.05) is 156 Å². The minimum Gasteiger partial charge on any atom is -0.399 e. The molecule has 14 rings (SSSR count). The molecule has 4 aromatic heterocycles. The summed E-state index contributed by atoms with van der Waals surface area (Å²) < 4.78 is 16.0. The highest BCUT2D eigenvalue weighted by atomic mass is 32.2. The van der Waals surface area contributed by atoms with Gasteiger partial charge in [0.1, 0.15) is 22.7 Å². The molecule has 18 heteroatoms. The molecule has 400 valence electrons. The predicted octanol–water partition coefficient (Wildman–Crippen LogP) is 7.71. The number of anilines is 5. The summed E-state index contributed by atoms with van der Waals surface area (Å²) in [5.74, 6) is 2.16. The van der Waals surface area contributed by atoms with Crippen LogP contribution in [0.1, 0.15) is 98.3 Å². The maximum absolute atomic E-state index is 13.0. The zero-order valence-electron chi connectivity index (χ0n) is 46.1. The number of aryl methyl sites for hydroxylation is 2. The second kappa shape index (κ2) is 20.4. The lowest BCUT2D eigenvalue weighted by atomic mass is 9.49. The van der Waals surface area contributed by atoms with Gasteiger partial charge in [-0.2, -0.15) is 4.98 Å². The average molecular weight is 1040 g/mol. The van der Waals surface area contributed by atoms with Crippen LogP contribution in [0.25, 0.3) is 22.1 Å². The molecular formula is C57H78N14O3S. The molecule has 0 spiro atoms. The van der Waals surface area contributed by atoms with E-state index in [0.29, 0.717) is 28.9 Å². The molecule has 1 atom stereocenters. The van der Waals surface area contributed by atoms with Crippen LogP contribution in [0, 0.1) is 25.7 Å². The number of nitrogens with two attached hydrogens (primary N) is 1. The number of hydrogen-bond acceptors (Lipinski definition) is 13. The van der Waals surface area contributed by atoms with Crippen LogP contribution in [-0.2, 0) is 21.9 Å². The zero-order valence-corrected chi connectivity index (χ0v) is 46.9. The maximum atomic E-state index is 13.0. The lowest BCUT2D eigenvalue weighted by molar-refractivity contribution is -0.0871. The molecule has 8 fully saturated rings. The number of hydrogen-bond donors (Lipinski definition) is 2. The zero-order chi connectivity index (χ0) is 53.2. The van der Waals surface area contributed by atoms with Crippen molar-refractivity contribution >= 4 is 73.4 Å². The molecule has 1 unspecified atom stereocenters. The van der Waals surface area contributed by atoms with Crippen molar-refractivity contribution in [1.82, 2.24) is 48.7 Å². The Balaban J connectivity index is 0.000000140. The van der Waals surface area contributed by atoms with E-state index in [9.17, 15) is 13.8 Å². The van der Waals surface area contributed by atoms with Crippen molar-refractivity contribution in [1.29, 1.82) is 0 Å². The predicted molar refractivity (Wildman–Crippen MR) is 302 cm³/mol. The number of nitrogens with one attached hydrogen (secondary N) is 1. The normalized spacial score (nSPS) is 23.3. The number of amides is 2. The fourth-order valence-corrected chi connectivity index (χ4v) is 12.9. The van der Waals surface area contributed by atoms with E-state index in [4.69, 9.17) is 10.7 Å². The Hall–Kier alpha value is -6.11. The first-order chi connectivity index (χ1) is 35.7. The molecule has 6 saturated carbocycles. The highest BCUT2D eigenvalue weighted by Gasteiger charge is 2.60. The molecule has 2 amide bonds. The van der Waals surface area contributed by atoms with Gasteiger partial charge in [-0.25, -0.2) is 15.0 Å². The van der Waals surface area contributed by atoms with Gasteiger partial charge in [-0.05, 0) is 152 Å². The number of rotatable bonds is 11. The Morgan fingerprint density at radius 2 is 1.08 bits per heavy atom. The Kier molecular flexibility index (Phi) is 14.3. The molecule has 0 radical (unpaired) electrons. The number of benzene rings is 2. The Morgan fingerprint density at radius 1 is 0.640 bits per heavy atom. The molecule has 6 aromatic rings. The Morgan fingerprint density at radius 3 is 1.48 bits per heavy atom. The molecule has 4 bridgehead atoms. The van der Waals surface area contributed by atoms with Gasteiger partial charge in [-0.1, -0.05) is 0 Å². The third-order valence-electron chi connectivity index (χ3n) is 17.0. The van der Waals surface area contributed by atoms with Crippen molar-refractivity contribution < 1.29 is 13.8 Å². The van der Waals surface area contributed by atoms with Crippen molar-refractivity contribution in [3.63, 3.8) is 0 Å². The summed E-state index contributed by atoms with van der Waals surface area (Å²) >= 11 is 0. The number of nitrogens with zero attached hydrogens (tertiary/aromatic N) is 12. The van der Waals surface area contributed by atoms with E-state index in [-0.39, 0.29) is 22.9 Å². The monoisotopic (exact) mass is 1040 g/mol. The standard InChI is InChI=1S/C28H37N7O.C15H18N4O2S.C14H23N3/c1-18(2)33-8-10-34(11-9-33)23-7-6-22(12-19(23)3)30-27-29-17-21-13-24(26(36)32(4)5)35(25(21)31-27)28-14-20(15-28)16-28;1-18(2)13(20)11-4-10-8-16-14(22(3)21)17-12(10)19(11)15-5-9(6-15)7-15;1-11(2)16-6-8-17(9-7-16)14-5-4-13(15)10-12(14)3/h6-7,12-13,17-18,20H,8-11,14-16H2,1-5H3,(H,29,30,31);4,8-9H,5-7H2,1-3H3;4-5,10-11H,6-9,15H2,1-3H3. The first kappa shape index (κ1) is 52.3. The van der Waals surface area contributed by atoms with Crippen molar-refractivity contribution in [3.8, 4) is 0 Å². The van der Waals surface area contributed by atoms with Crippen LogP contribution in [0.2, 0.25) is 0 Å². The Labute approximate surface area is 445 Å². The summed E-state index contributed by atoms with van der Waals surface area (Å²) in [6.07, 6.45) is 11.8. The second-order valence-electron chi connectivity index (χ2n) is 23.3. The van der Waals surface area contributed by atoms with Crippen LogP contribution in [0.4, 0.5) is 28.7 Å². The number of carbonyl (C=O) groups is 2. The van der Waals surface area contributed by atoms with E-state index >= 15 is 0 Å². The van der Waals surface area contributed by atoms with Crippen molar-refractivity contribution in [2.45, 2.75) is 108 Å². The highest BCUT2D eigenvalue weighted by Crippen LogP contribution is 2.64. The van der Waals surface area contributed by atoms with E-state index in [1.165, 1.54) is 22.5 Å². The lowest BCUT2D eigenvalue weighted by Gasteiger charge is -2.62. The summed E-state index contributed by atoms with van der Waals surface area (Å²) in [6.45, 7) is 22.2. The molecule has 2 aliphatic heterocycles. The molecule has 75 heavy (non-hydrogen) atoms. The third kappa shape index (κ3) is 9.98. The number of carbonyl (C=O) groups excluding carboxylic acids is 2. The molecular weight excluding hydrogens is 961 g/mol. The number of piperazine rings is 2. The molecule has 3 N–H and O–H groups in total. The lowest BCUT2D eigenvalue weighted by Crippen LogP contribution is -2.60. The summed E-state index contributed by atoms with van der Waals surface area (Å²) in [5, 5.41) is 5.50. The SMILES string of the molecule is CN(C)C(=O)c1cc2cnc(S(C)=O)nc2n1C12CC(C1)C2.Cc1cc(N)ccc1N1CCN(C(C)C)CC1.Cc1cc(Nc2ncc3cc(C(=O)N(C)C)n(C45CC(C4)C5)c3n2)ccc1N1CCN(C(C)C)CC1. The summed E-state index contributed by atoms with van der Waals surface area (Å²) in [4.78, 5) is 57.0. The first-order valence-corrected chi connectivity index (χ1v) is 28.6. The highest BCUT2D eigenvalue weighted by molar-refractivity contribution is 7.84. The molecule has 6 heterocycles. The molecule has 6 aliphatic carbocycles. The second-order valence-corrected chi connectivity index (χ2v) is 24.6. The maximum Gasteiger partial charge on any atom is 0.270 e. The topological polar surface area (TPSA) is 170 Å². The summed E-state index contributed by atoms with van der Waals surface area (Å²) in [5.41, 5.74) is 15.8. The minimum absolute atomic E-state index is 0.0210. The van der Waals surface area contributed by atoms with E-state index in [1.807, 2.05) is 24.4 Å². The smallest absolute Gasteiger partial charge is 0.270 e. The fraction of sp³-hybridized carbons (Fsp3) is 0.544. The Bertz CT molecular complexity index is 3110. The van der Waals surface area contributed by atoms with Crippen molar-refractivity contribution in [3.05, 3.63) is 83.4 Å². The van der Waals surface area contributed by atoms with E-state index in [2.05, 4.69) is 121 Å². The van der Waals surface area contributed by atoms with Crippen LogP contribution in [0.5, 0.6) is 0 Å². The van der Waals surface area contributed by atoms with Crippen molar-refractivity contribution in [2.24, 2.45) is 11.8 Å². The van der Waals surface area contributed by atoms with Crippen LogP contribution < -0.4 is 20.9 Å². The van der Waals surface area contributed by atoms with E-state index in [0.717, 1.165) is 142 Å². The van der Waals surface area contributed by atoms with Gasteiger partial charge in [-0.15, -0.1) is 0 Å². The first-order valence-electron chi connectivity index (χ1n) is 27.0. The van der Waals surface area contributed by atoms with Crippen LogP contribution in [0.15, 0.2) is 66.1 Å². The van der Waals surface area contributed by atoms with Gasteiger partial charge in [0.2, 0.25) is 11.1 Å². The number of aromatic nitrogens is 6. The molecule has 2 aromatic carbocycles. The summed E-state index contributed by atoms with van der Waals surface area (Å²) in [7, 11) is 5.89. The quantitative estimate of drug-likeness (QED) is 0.0957. The van der Waals surface area contributed by atoms with Crippen molar-refractivity contribution in [2.75, 3.05) is 108 Å². The van der Waals surface area contributed by atoms with Gasteiger partial charge < -0.3 is 39.8 Å². The summed E-state index contributed by atoms with van der Waals surface area (Å²) in [6, 6.07) is 17.8. The average Bonchev–Trinajstić information content (AvgIpc) is 3.88. The third-order valence-corrected chi connectivity index (χ3v) is 17.7. The van der Waals surface area contributed by atoms with Crippen LogP contribution in [-0.4, -0.2) is 164 Å². The van der Waals surface area contributed by atoms with Gasteiger partial charge in [0.25, 0.3) is 11.8 Å².